The molecule has 1 heterocycles. The molecule has 1 N–H and O–H groups in total. The number of nitrogens with one attached hydrogen (secondary N) is 1. The normalized spacial score (nSPS) is 10.6. The molecule has 6 nitrogen and oxygen atoms in total. The summed E-state index contributed by atoms with van der Waals surface area (Å²) in [6, 6.07) is 11.4. The van der Waals surface area contributed by atoms with Gasteiger partial charge in [-0.2, -0.15) is 0 Å². The van der Waals surface area contributed by atoms with Crippen molar-refractivity contribution in [1.29, 1.82) is 0 Å². The molecule has 0 saturated carbocycles. The zero-order valence-electron chi connectivity index (χ0n) is 16.5. The van der Waals surface area contributed by atoms with Crippen LogP contribution >= 0.6 is 0 Å². The Hall–Kier alpha value is -3.28. The third-order valence-electron chi connectivity index (χ3n) is 4.54. The van der Waals surface area contributed by atoms with Crippen molar-refractivity contribution in [2.24, 2.45) is 0 Å². The second kappa shape index (κ2) is 8.61. The fourth-order valence-electron chi connectivity index (χ4n) is 2.99. The quantitative estimate of drug-likeness (QED) is 0.651. The van der Waals surface area contributed by atoms with Gasteiger partial charge in [0.05, 0.1) is 26.0 Å². The molecule has 0 unspecified atom stereocenters. The minimum absolute atomic E-state index is 0.0702. The molecular formula is C22H24N2O4. The minimum Gasteiger partial charge on any atom is -0.497 e. The number of nitrogens with zero attached hydrogens (tertiary/aromatic N) is 1. The summed E-state index contributed by atoms with van der Waals surface area (Å²) in [7, 11) is 3.19. The van der Waals surface area contributed by atoms with Crippen molar-refractivity contribution in [3.8, 4) is 22.8 Å². The lowest BCUT2D eigenvalue weighted by molar-refractivity contribution is -0.116. The van der Waals surface area contributed by atoms with E-state index in [0.29, 0.717) is 29.6 Å². The van der Waals surface area contributed by atoms with Crippen LogP contribution in [-0.4, -0.2) is 25.1 Å². The van der Waals surface area contributed by atoms with Crippen molar-refractivity contribution in [2.75, 3.05) is 19.5 Å². The standard InChI is InChI=1S/C22H24N2O4/c1-14-6-5-7-15(2)22(14)24-20(25)10-11-21-23-13-19(28-21)17-9-8-16(26-3)12-18(17)27-4/h5-9,12-13H,10-11H2,1-4H3,(H,24,25). The second-order valence-electron chi connectivity index (χ2n) is 6.50. The Morgan fingerprint density at radius 1 is 1.11 bits per heavy atom. The highest BCUT2D eigenvalue weighted by Gasteiger charge is 2.14. The zero-order valence-corrected chi connectivity index (χ0v) is 16.5. The van der Waals surface area contributed by atoms with Gasteiger partial charge in [-0.25, -0.2) is 4.98 Å². The molecular weight excluding hydrogens is 356 g/mol. The van der Waals surface area contributed by atoms with Gasteiger partial charge in [0.2, 0.25) is 5.91 Å². The molecule has 6 heteroatoms. The molecule has 0 aliphatic heterocycles. The number of aromatic nitrogens is 1. The van der Waals surface area contributed by atoms with Crippen LogP contribution in [0.4, 0.5) is 5.69 Å². The number of oxazole rings is 1. The first-order valence-electron chi connectivity index (χ1n) is 9.05. The predicted molar refractivity (Wildman–Crippen MR) is 108 cm³/mol. The minimum atomic E-state index is -0.0702. The van der Waals surface area contributed by atoms with Gasteiger partial charge in [0.1, 0.15) is 11.5 Å². The summed E-state index contributed by atoms with van der Waals surface area (Å²) in [6.07, 6.45) is 2.34. The number of hydrogen-bond donors (Lipinski definition) is 1. The van der Waals surface area contributed by atoms with Crippen molar-refractivity contribution in [2.45, 2.75) is 26.7 Å². The van der Waals surface area contributed by atoms with Crippen molar-refractivity contribution >= 4 is 11.6 Å². The number of aryl methyl sites for hydroxylation is 3. The number of carbonyl (C=O) groups excluding carboxylic acids is 1. The van der Waals surface area contributed by atoms with Crippen LogP contribution in [0.25, 0.3) is 11.3 Å². The van der Waals surface area contributed by atoms with Gasteiger partial charge in [0.15, 0.2) is 11.7 Å². The van der Waals surface area contributed by atoms with Crippen LogP contribution in [0.2, 0.25) is 0 Å². The lowest BCUT2D eigenvalue weighted by Crippen LogP contribution is -2.14. The number of anilines is 1. The summed E-state index contributed by atoms with van der Waals surface area (Å²) < 4.78 is 16.4. The molecule has 0 radical (unpaired) electrons. The molecule has 0 atom stereocenters. The van der Waals surface area contributed by atoms with Gasteiger partial charge in [-0.05, 0) is 37.1 Å². The summed E-state index contributed by atoms with van der Waals surface area (Å²) in [5.41, 5.74) is 3.72. The van der Waals surface area contributed by atoms with Gasteiger partial charge in [-0.15, -0.1) is 0 Å². The van der Waals surface area contributed by atoms with Crippen LogP contribution in [0.1, 0.15) is 23.4 Å². The lowest BCUT2D eigenvalue weighted by atomic mass is 10.1. The fourth-order valence-corrected chi connectivity index (χ4v) is 2.99. The van der Waals surface area contributed by atoms with Crippen molar-refractivity contribution in [3.63, 3.8) is 0 Å². The Balaban J connectivity index is 1.66. The van der Waals surface area contributed by atoms with Crippen LogP contribution in [0, 0.1) is 13.8 Å². The first kappa shape index (κ1) is 19.5. The Morgan fingerprint density at radius 3 is 2.54 bits per heavy atom. The Morgan fingerprint density at radius 2 is 1.86 bits per heavy atom. The molecule has 0 fully saturated rings. The van der Waals surface area contributed by atoms with E-state index in [9.17, 15) is 4.79 Å². The average molecular weight is 380 g/mol. The number of para-hydroxylation sites is 1. The first-order chi connectivity index (χ1) is 13.5. The van der Waals surface area contributed by atoms with Crippen LogP contribution in [0.15, 0.2) is 47.0 Å². The number of rotatable bonds is 7. The lowest BCUT2D eigenvalue weighted by Gasteiger charge is -2.10. The number of hydrogen-bond acceptors (Lipinski definition) is 5. The summed E-state index contributed by atoms with van der Waals surface area (Å²) in [5, 5.41) is 2.98. The summed E-state index contributed by atoms with van der Waals surface area (Å²) in [5.74, 6) is 2.35. The molecule has 3 rings (SSSR count). The molecule has 0 aliphatic rings. The number of methoxy groups -OCH3 is 2. The maximum atomic E-state index is 12.3. The van der Waals surface area contributed by atoms with E-state index < -0.39 is 0 Å². The Bertz CT molecular complexity index is 958. The van der Waals surface area contributed by atoms with Crippen LogP contribution < -0.4 is 14.8 Å². The molecule has 0 bridgehead atoms. The second-order valence-corrected chi connectivity index (χ2v) is 6.50. The topological polar surface area (TPSA) is 73.6 Å². The van der Waals surface area contributed by atoms with E-state index in [2.05, 4.69) is 10.3 Å². The van der Waals surface area contributed by atoms with E-state index in [1.54, 1.807) is 26.5 Å². The highest BCUT2D eigenvalue weighted by Crippen LogP contribution is 2.33. The average Bonchev–Trinajstić information content (AvgIpc) is 3.17. The summed E-state index contributed by atoms with van der Waals surface area (Å²) in [6.45, 7) is 3.95. The number of carbonyl (C=O) groups is 1. The smallest absolute Gasteiger partial charge is 0.224 e. The Labute approximate surface area is 164 Å². The molecule has 0 spiro atoms. The third-order valence-corrected chi connectivity index (χ3v) is 4.54. The van der Waals surface area contributed by atoms with E-state index >= 15 is 0 Å². The van der Waals surface area contributed by atoms with Crippen molar-refractivity contribution in [1.82, 2.24) is 4.98 Å². The summed E-state index contributed by atoms with van der Waals surface area (Å²) >= 11 is 0. The molecule has 1 amide bonds. The van der Waals surface area contributed by atoms with Gasteiger partial charge < -0.3 is 19.2 Å². The highest BCUT2D eigenvalue weighted by molar-refractivity contribution is 5.92. The van der Waals surface area contributed by atoms with Crippen molar-refractivity contribution in [3.05, 3.63) is 59.6 Å². The first-order valence-corrected chi connectivity index (χ1v) is 9.05. The molecule has 1 aromatic heterocycles. The van der Waals surface area contributed by atoms with Gasteiger partial charge in [0, 0.05) is 24.6 Å². The molecule has 3 aromatic rings. The number of benzene rings is 2. The maximum Gasteiger partial charge on any atom is 0.224 e. The largest absolute Gasteiger partial charge is 0.497 e. The van der Waals surface area contributed by atoms with Crippen LogP contribution in [0.5, 0.6) is 11.5 Å². The van der Waals surface area contributed by atoms with E-state index in [4.69, 9.17) is 13.9 Å². The van der Waals surface area contributed by atoms with Crippen LogP contribution in [-0.2, 0) is 11.2 Å². The zero-order chi connectivity index (χ0) is 20.1. The third kappa shape index (κ3) is 4.34. The molecule has 0 saturated heterocycles. The molecule has 2 aromatic carbocycles. The van der Waals surface area contributed by atoms with Gasteiger partial charge in [0.25, 0.3) is 0 Å². The van der Waals surface area contributed by atoms with Gasteiger partial charge in [-0.3, -0.25) is 4.79 Å². The Kier molecular flexibility index (Phi) is 5.99. The fraction of sp³-hybridized carbons (Fsp3) is 0.273. The van der Waals surface area contributed by atoms with E-state index in [0.717, 1.165) is 22.4 Å². The summed E-state index contributed by atoms with van der Waals surface area (Å²) in [4.78, 5) is 16.6. The van der Waals surface area contributed by atoms with Gasteiger partial charge >= 0.3 is 0 Å². The SMILES string of the molecule is COc1ccc(-c2cnc(CCC(=O)Nc3c(C)cccc3C)o2)c(OC)c1. The maximum absolute atomic E-state index is 12.3. The van der Waals surface area contributed by atoms with Crippen LogP contribution in [0.3, 0.4) is 0 Å². The molecule has 0 aliphatic carbocycles. The van der Waals surface area contributed by atoms with E-state index in [-0.39, 0.29) is 12.3 Å². The molecule has 146 valence electrons. The van der Waals surface area contributed by atoms with Gasteiger partial charge in [-0.1, -0.05) is 18.2 Å². The van der Waals surface area contributed by atoms with Crippen molar-refractivity contribution < 1.29 is 18.7 Å². The van der Waals surface area contributed by atoms with E-state index in [1.807, 2.05) is 44.2 Å². The predicted octanol–water partition coefficient (Wildman–Crippen LogP) is 4.55. The molecule has 28 heavy (non-hydrogen) atoms. The van der Waals surface area contributed by atoms with E-state index in [1.165, 1.54) is 0 Å². The number of ether oxygens (including phenoxy) is 2. The monoisotopic (exact) mass is 380 g/mol. The highest BCUT2D eigenvalue weighted by atomic mass is 16.5. The number of amides is 1.